The minimum Gasteiger partial charge on any atom is -0.496 e. The molecule has 6 nitrogen and oxygen atoms in total. The Kier molecular flexibility index (Phi) is 5.38. The molecule has 0 saturated heterocycles. The molecule has 21 heavy (non-hydrogen) atoms. The lowest BCUT2D eigenvalue weighted by Gasteiger charge is -2.35. The SMILES string of the molecule is COc1ccc(N(CCO)C2CCCCC2)c([N+](=O)[O-])c1. The standard InChI is InChI=1S/C15H22N2O4/c1-21-13-7-8-14(15(11-13)17(19)20)16(9-10-18)12-5-3-2-4-6-12/h7-8,11-12,18H,2-6,9-10H2,1H3. The molecule has 0 unspecified atom stereocenters. The van der Waals surface area contributed by atoms with Crippen LogP contribution in [0.25, 0.3) is 0 Å². The van der Waals surface area contributed by atoms with Crippen LogP contribution in [0.1, 0.15) is 32.1 Å². The Bertz CT molecular complexity index is 487. The number of hydrogen-bond donors (Lipinski definition) is 1. The number of benzene rings is 1. The molecule has 2 rings (SSSR count). The number of aliphatic hydroxyl groups excluding tert-OH is 1. The largest absolute Gasteiger partial charge is 0.496 e. The Balaban J connectivity index is 2.36. The fourth-order valence-electron chi connectivity index (χ4n) is 3.02. The van der Waals surface area contributed by atoms with E-state index in [4.69, 9.17) is 4.74 Å². The first-order chi connectivity index (χ1) is 10.2. The van der Waals surface area contributed by atoms with Crippen molar-refractivity contribution in [3.63, 3.8) is 0 Å². The van der Waals surface area contributed by atoms with Crippen molar-refractivity contribution in [2.45, 2.75) is 38.1 Å². The normalized spacial score (nSPS) is 15.7. The zero-order valence-electron chi connectivity index (χ0n) is 12.3. The van der Waals surface area contributed by atoms with Gasteiger partial charge in [-0.15, -0.1) is 0 Å². The summed E-state index contributed by atoms with van der Waals surface area (Å²) in [6.45, 7) is 0.400. The smallest absolute Gasteiger partial charge is 0.296 e. The van der Waals surface area contributed by atoms with E-state index in [0.29, 0.717) is 18.0 Å². The zero-order chi connectivity index (χ0) is 15.2. The van der Waals surface area contributed by atoms with E-state index in [1.807, 2.05) is 4.90 Å². The number of rotatable bonds is 6. The molecule has 1 fully saturated rings. The van der Waals surface area contributed by atoms with Gasteiger partial charge < -0.3 is 14.7 Å². The molecule has 0 radical (unpaired) electrons. The summed E-state index contributed by atoms with van der Waals surface area (Å²) in [5, 5.41) is 20.7. The second-order valence-electron chi connectivity index (χ2n) is 5.32. The number of ether oxygens (including phenoxy) is 1. The highest BCUT2D eigenvalue weighted by molar-refractivity contribution is 5.66. The molecular weight excluding hydrogens is 272 g/mol. The molecule has 1 aromatic rings. The quantitative estimate of drug-likeness (QED) is 0.645. The average molecular weight is 294 g/mol. The van der Waals surface area contributed by atoms with E-state index >= 15 is 0 Å². The molecule has 0 aromatic heterocycles. The van der Waals surface area contributed by atoms with Gasteiger partial charge in [0.15, 0.2) is 0 Å². The molecule has 0 amide bonds. The molecule has 0 atom stereocenters. The van der Waals surface area contributed by atoms with E-state index in [-0.39, 0.29) is 23.3 Å². The molecule has 1 saturated carbocycles. The highest BCUT2D eigenvalue weighted by Gasteiger charge is 2.27. The Hall–Kier alpha value is -1.82. The molecule has 1 aromatic carbocycles. The van der Waals surface area contributed by atoms with Crippen molar-refractivity contribution in [3.8, 4) is 5.75 Å². The van der Waals surface area contributed by atoms with Gasteiger partial charge in [0, 0.05) is 12.6 Å². The predicted molar refractivity (Wildman–Crippen MR) is 81.0 cm³/mol. The molecule has 1 N–H and O–H groups in total. The monoisotopic (exact) mass is 294 g/mol. The van der Waals surface area contributed by atoms with E-state index in [0.717, 1.165) is 25.7 Å². The molecule has 0 heterocycles. The third-order valence-corrected chi connectivity index (χ3v) is 4.05. The summed E-state index contributed by atoms with van der Waals surface area (Å²) in [7, 11) is 1.49. The van der Waals surface area contributed by atoms with Crippen LogP contribution in [-0.4, -0.2) is 36.3 Å². The lowest BCUT2D eigenvalue weighted by molar-refractivity contribution is -0.384. The lowest BCUT2D eigenvalue weighted by Crippen LogP contribution is -2.39. The van der Waals surface area contributed by atoms with E-state index in [9.17, 15) is 15.2 Å². The maximum atomic E-state index is 11.3. The van der Waals surface area contributed by atoms with Gasteiger partial charge in [-0.3, -0.25) is 10.1 Å². The van der Waals surface area contributed by atoms with Gasteiger partial charge in [-0.2, -0.15) is 0 Å². The summed E-state index contributed by atoms with van der Waals surface area (Å²) >= 11 is 0. The van der Waals surface area contributed by atoms with Crippen LogP contribution < -0.4 is 9.64 Å². The predicted octanol–water partition coefficient (Wildman–Crippen LogP) is 2.73. The van der Waals surface area contributed by atoms with Crippen molar-refractivity contribution in [2.75, 3.05) is 25.2 Å². The summed E-state index contributed by atoms with van der Waals surface area (Å²) in [4.78, 5) is 12.9. The van der Waals surface area contributed by atoms with Crippen LogP contribution in [0.15, 0.2) is 18.2 Å². The van der Waals surface area contributed by atoms with Crippen molar-refractivity contribution in [3.05, 3.63) is 28.3 Å². The summed E-state index contributed by atoms with van der Waals surface area (Å²) in [5.74, 6) is 0.470. The van der Waals surface area contributed by atoms with Crippen molar-refractivity contribution in [2.24, 2.45) is 0 Å². The van der Waals surface area contributed by atoms with E-state index in [1.54, 1.807) is 12.1 Å². The molecule has 116 valence electrons. The first kappa shape index (κ1) is 15.6. The van der Waals surface area contributed by atoms with Gasteiger partial charge in [-0.05, 0) is 25.0 Å². The second kappa shape index (κ2) is 7.26. The fourth-order valence-corrected chi connectivity index (χ4v) is 3.02. The van der Waals surface area contributed by atoms with Crippen molar-refractivity contribution in [1.82, 2.24) is 0 Å². The van der Waals surface area contributed by atoms with Crippen LogP contribution in [0.5, 0.6) is 5.75 Å². The first-order valence-corrected chi connectivity index (χ1v) is 7.37. The minimum absolute atomic E-state index is 0.0142. The Morgan fingerprint density at radius 1 is 1.38 bits per heavy atom. The third kappa shape index (κ3) is 3.64. The van der Waals surface area contributed by atoms with E-state index in [1.165, 1.54) is 19.6 Å². The fraction of sp³-hybridized carbons (Fsp3) is 0.600. The summed E-state index contributed by atoms with van der Waals surface area (Å²) in [6.07, 6.45) is 5.52. The van der Waals surface area contributed by atoms with Gasteiger partial charge >= 0.3 is 0 Å². The van der Waals surface area contributed by atoms with Crippen molar-refractivity contribution < 1.29 is 14.8 Å². The number of hydrogen-bond acceptors (Lipinski definition) is 5. The molecule has 0 aliphatic heterocycles. The van der Waals surface area contributed by atoms with Crippen LogP contribution in [0, 0.1) is 10.1 Å². The lowest BCUT2D eigenvalue weighted by atomic mass is 9.93. The maximum Gasteiger partial charge on any atom is 0.296 e. The number of nitro groups is 1. The highest BCUT2D eigenvalue weighted by atomic mass is 16.6. The number of nitro benzene ring substituents is 1. The van der Waals surface area contributed by atoms with Crippen LogP contribution in [0.3, 0.4) is 0 Å². The third-order valence-electron chi connectivity index (χ3n) is 4.05. The summed E-state index contributed by atoms with van der Waals surface area (Å²) < 4.78 is 5.07. The maximum absolute atomic E-state index is 11.3. The van der Waals surface area contributed by atoms with Gasteiger partial charge in [0.2, 0.25) is 0 Å². The van der Waals surface area contributed by atoms with Gasteiger partial charge in [0.25, 0.3) is 5.69 Å². The summed E-state index contributed by atoms with van der Waals surface area (Å²) in [6, 6.07) is 5.16. The Labute approximate surface area is 124 Å². The highest BCUT2D eigenvalue weighted by Crippen LogP contribution is 2.35. The number of nitrogens with zero attached hydrogens (tertiary/aromatic N) is 2. The summed E-state index contributed by atoms with van der Waals surface area (Å²) in [5.41, 5.74) is 0.607. The van der Waals surface area contributed by atoms with Gasteiger partial charge in [-0.1, -0.05) is 19.3 Å². The van der Waals surface area contributed by atoms with Gasteiger partial charge in [-0.25, -0.2) is 0 Å². The van der Waals surface area contributed by atoms with Crippen molar-refractivity contribution in [1.29, 1.82) is 0 Å². The van der Waals surface area contributed by atoms with Gasteiger partial charge in [0.1, 0.15) is 11.4 Å². The minimum atomic E-state index is -0.384. The molecule has 0 bridgehead atoms. The first-order valence-electron chi connectivity index (χ1n) is 7.37. The number of aliphatic hydroxyl groups is 1. The molecular formula is C15H22N2O4. The molecule has 1 aliphatic rings. The van der Waals surface area contributed by atoms with Gasteiger partial charge in [0.05, 0.1) is 24.7 Å². The molecule has 1 aliphatic carbocycles. The van der Waals surface area contributed by atoms with Crippen LogP contribution in [0.4, 0.5) is 11.4 Å². The van der Waals surface area contributed by atoms with Crippen LogP contribution in [-0.2, 0) is 0 Å². The topological polar surface area (TPSA) is 75.8 Å². The molecule has 0 spiro atoms. The van der Waals surface area contributed by atoms with E-state index in [2.05, 4.69) is 0 Å². The number of methoxy groups -OCH3 is 1. The van der Waals surface area contributed by atoms with Crippen molar-refractivity contribution >= 4 is 11.4 Å². The Morgan fingerprint density at radius 3 is 2.67 bits per heavy atom. The number of anilines is 1. The van der Waals surface area contributed by atoms with Crippen LogP contribution >= 0.6 is 0 Å². The zero-order valence-corrected chi connectivity index (χ0v) is 12.3. The molecule has 6 heteroatoms. The Morgan fingerprint density at radius 2 is 2.10 bits per heavy atom. The van der Waals surface area contributed by atoms with Crippen LogP contribution in [0.2, 0.25) is 0 Å². The second-order valence-corrected chi connectivity index (χ2v) is 5.32. The average Bonchev–Trinajstić information content (AvgIpc) is 2.53. The van der Waals surface area contributed by atoms with E-state index < -0.39 is 0 Å².